The Kier molecular flexibility index (Phi) is 6.03. The summed E-state index contributed by atoms with van der Waals surface area (Å²) in [5.74, 6) is 0.159. The van der Waals surface area contributed by atoms with Crippen molar-refractivity contribution in [2.24, 2.45) is 0 Å². The van der Waals surface area contributed by atoms with Gasteiger partial charge in [0.1, 0.15) is 0 Å². The average molecular weight is 402 g/mol. The number of thiophene rings is 1. The molecule has 0 spiro atoms. The van der Waals surface area contributed by atoms with E-state index in [2.05, 4.69) is 44.8 Å². The maximum atomic E-state index is 12.6. The predicted octanol–water partition coefficient (Wildman–Crippen LogP) is 3.61. The van der Waals surface area contributed by atoms with Gasteiger partial charge < -0.3 is 10.2 Å². The number of carbonyl (C=O) groups is 1. The molecule has 1 unspecified atom stereocenters. The largest absolute Gasteiger partial charge is 0.340 e. The first-order valence-corrected chi connectivity index (χ1v) is 8.59. The van der Waals surface area contributed by atoms with Crippen LogP contribution in [-0.4, -0.2) is 23.9 Å². The number of carbonyl (C=O) groups excluding carboxylic acids is 1. The highest BCUT2D eigenvalue weighted by atomic mass is 79.9. The van der Waals surface area contributed by atoms with Gasteiger partial charge in [-0.25, -0.2) is 0 Å². The molecule has 6 heteroatoms. The normalized spacial score (nSPS) is 16.5. The molecule has 3 nitrogen and oxygen atoms in total. The van der Waals surface area contributed by atoms with Crippen molar-refractivity contribution in [1.82, 2.24) is 10.2 Å². The number of nitrogens with one attached hydrogen (secondary N) is 1. The topological polar surface area (TPSA) is 32.3 Å². The van der Waals surface area contributed by atoms with Crippen LogP contribution in [0.5, 0.6) is 0 Å². The van der Waals surface area contributed by atoms with Crippen LogP contribution in [0.25, 0.3) is 0 Å². The molecular formula is C16H18BrClN2OS. The van der Waals surface area contributed by atoms with Crippen LogP contribution in [0.3, 0.4) is 0 Å². The summed E-state index contributed by atoms with van der Waals surface area (Å²) in [5, 5.41) is 5.43. The minimum atomic E-state index is -0.119. The maximum Gasteiger partial charge on any atom is 0.240 e. The first kappa shape index (κ1) is 17.5. The standard InChI is InChI=1S/C16H17BrN2OS.ClH/c1-19(9-11-6-15(17)21-10-11)16(20)14-7-12-4-2-3-5-13(12)8-18-14;/h2-6,10,14,18H,7-9H2,1H3;1H. The van der Waals surface area contributed by atoms with Crippen molar-refractivity contribution in [3.8, 4) is 0 Å². The molecule has 1 atom stereocenters. The van der Waals surface area contributed by atoms with E-state index in [9.17, 15) is 4.79 Å². The fourth-order valence-corrected chi connectivity index (χ4v) is 3.88. The Balaban J connectivity index is 0.00000176. The second-order valence-corrected chi connectivity index (χ2v) is 7.65. The predicted molar refractivity (Wildman–Crippen MR) is 96.5 cm³/mol. The van der Waals surface area contributed by atoms with Crippen molar-refractivity contribution in [1.29, 1.82) is 0 Å². The van der Waals surface area contributed by atoms with Gasteiger partial charge >= 0.3 is 0 Å². The number of likely N-dealkylation sites (N-methyl/N-ethyl adjacent to an activating group) is 1. The first-order chi connectivity index (χ1) is 10.1. The minimum Gasteiger partial charge on any atom is -0.340 e. The highest BCUT2D eigenvalue weighted by molar-refractivity contribution is 9.11. The monoisotopic (exact) mass is 400 g/mol. The van der Waals surface area contributed by atoms with Gasteiger partial charge in [0.2, 0.25) is 5.91 Å². The van der Waals surface area contributed by atoms with Gasteiger partial charge in [-0.2, -0.15) is 0 Å². The van der Waals surface area contributed by atoms with Gasteiger partial charge in [0.15, 0.2) is 0 Å². The molecule has 2 heterocycles. The molecule has 1 N–H and O–H groups in total. The lowest BCUT2D eigenvalue weighted by Gasteiger charge is -2.29. The van der Waals surface area contributed by atoms with Crippen LogP contribution in [0, 0.1) is 0 Å². The van der Waals surface area contributed by atoms with Crippen LogP contribution < -0.4 is 5.32 Å². The van der Waals surface area contributed by atoms with Gasteiger partial charge in [-0.1, -0.05) is 24.3 Å². The Labute approximate surface area is 149 Å². The number of fused-ring (bicyclic) bond motifs is 1. The third kappa shape index (κ3) is 3.90. The molecular weight excluding hydrogens is 384 g/mol. The summed E-state index contributed by atoms with van der Waals surface area (Å²) in [4.78, 5) is 14.4. The molecule has 1 aliphatic heterocycles. The Morgan fingerprint density at radius 2 is 2.14 bits per heavy atom. The van der Waals surface area contributed by atoms with Gasteiger partial charge in [0.05, 0.1) is 9.83 Å². The summed E-state index contributed by atoms with van der Waals surface area (Å²) in [5.41, 5.74) is 3.74. The molecule has 1 aromatic heterocycles. The van der Waals surface area contributed by atoms with E-state index in [0.717, 1.165) is 16.8 Å². The summed E-state index contributed by atoms with van der Waals surface area (Å²) in [6.07, 6.45) is 0.771. The van der Waals surface area contributed by atoms with Crippen LogP contribution in [0.15, 0.2) is 39.5 Å². The third-order valence-electron chi connectivity index (χ3n) is 3.80. The molecule has 2 aromatic rings. The molecule has 0 bridgehead atoms. The third-order valence-corrected chi connectivity index (χ3v) is 5.35. The maximum absolute atomic E-state index is 12.6. The summed E-state index contributed by atoms with van der Waals surface area (Å²) in [6.45, 7) is 1.42. The lowest BCUT2D eigenvalue weighted by Crippen LogP contribution is -2.47. The Bertz CT molecular complexity index is 661. The number of benzene rings is 1. The zero-order valence-electron chi connectivity index (χ0n) is 12.2. The second kappa shape index (κ2) is 7.59. The van der Waals surface area contributed by atoms with E-state index in [4.69, 9.17) is 0 Å². The van der Waals surface area contributed by atoms with Gasteiger partial charge in [0, 0.05) is 20.1 Å². The van der Waals surface area contributed by atoms with Crippen molar-refractivity contribution < 1.29 is 4.79 Å². The quantitative estimate of drug-likeness (QED) is 0.852. The van der Waals surface area contributed by atoms with Crippen LogP contribution in [0.4, 0.5) is 0 Å². The van der Waals surface area contributed by atoms with Crippen LogP contribution in [0.1, 0.15) is 16.7 Å². The number of rotatable bonds is 3. The molecule has 0 fully saturated rings. The van der Waals surface area contributed by atoms with Crippen molar-refractivity contribution in [3.05, 3.63) is 56.2 Å². The smallest absolute Gasteiger partial charge is 0.240 e. The SMILES string of the molecule is CN(Cc1csc(Br)c1)C(=O)C1Cc2ccccc2CN1.Cl. The molecule has 22 heavy (non-hydrogen) atoms. The van der Waals surface area contributed by atoms with E-state index in [-0.39, 0.29) is 24.4 Å². The van der Waals surface area contributed by atoms with Crippen LogP contribution >= 0.6 is 39.7 Å². The molecule has 0 saturated carbocycles. The van der Waals surface area contributed by atoms with E-state index in [1.807, 2.05) is 19.2 Å². The number of halogens is 2. The van der Waals surface area contributed by atoms with Gasteiger partial charge in [0.25, 0.3) is 0 Å². The molecule has 1 aliphatic rings. The molecule has 1 amide bonds. The molecule has 1 aromatic carbocycles. The van der Waals surface area contributed by atoms with Gasteiger partial charge in [-0.05, 0) is 50.5 Å². The second-order valence-electron chi connectivity index (χ2n) is 5.36. The van der Waals surface area contributed by atoms with Gasteiger partial charge in [-0.3, -0.25) is 4.79 Å². The van der Waals surface area contributed by atoms with E-state index in [0.29, 0.717) is 6.54 Å². The number of hydrogen-bond donors (Lipinski definition) is 1. The van der Waals surface area contributed by atoms with Crippen LogP contribution in [0.2, 0.25) is 0 Å². The van der Waals surface area contributed by atoms with Crippen LogP contribution in [-0.2, 0) is 24.3 Å². The van der Waals surface area contributed by atoms with Crippen molar-refractivity contribution in [2.75, 3.05) is 7.05 Å². The molecule has 0 saturated heterocycles. The first-order valence-electron chi connectivity index (χ1n) is 6.91. The van der Waals surface area contributed by atoms with Crippen molar-refractivity contribution >= 4 is 45.6 Å². The minimum absolute atomic E-state index is 0. The average Bonchev–Trinajstić information content (AvgIpc) is 2.91. The highest BCUT2D eigenvalue weighted by Gasteiger charge is 2.26. The molecule has 0 aliphatic carbocycles. The zero-order valence-corrected chi connectivity index (χ0v) is 15.4. The van der Waals surface area contributed by atoms with Gasteiger partial charge in [-0.15, -0.1) is 23.7 Å². The Morgan fingerprint density at radius 3 is 2.82 bits per heavy atom. The van der Waals surface area contributed by atoms with E-state index < -0.39 is 0 Å². The number of hydrogen-bond acceptors (Lipinski definition) is 3. The molecule has 118 valence electrons. The summed E-state index contributed by atoms with van der Waals surface area (Å²) >= 11 is 5.10. The Hall–Kier alpha value is -0.880. The summed E-state index contributed by atoms with van der Waals surface area (Å²) in [7, 11) is 1.87. The highest BCUT2D eigenvalue weighted by Crippen LogP contribution is 2.22. The molecule has 3 rings (SSSR count). The molecule has 0 radical (unpaired) electrons. The fraction of sp³-hybridized carbons (Fsp3) is 0.312. The number of nitrogens with zero attached hydrogens (tertiary/aromatic N) is 1. The summed E-state index contributed by atoms with van der Waals surface area (Å²) < 4.78 is 1.10. The lowest BCUT2D eigenvalue weighted by molar-refractivity contribution is -0.132. The fourth-order valence-electron chi connectivity index (χ4n) is 2.68. The van der Waals surface area contributed by atoms with Crippen molar-refractivity contribution in [2.45, 2.75) is 25.6 Å². The zero-order chi connectivity index (χ0) is 14.8. The van der Waals surface area contributed by atoms with E-state index in [1.54, 1.807) is 16.2 Å². The Morgan fingerprint density at radius 1 is 1.41 bits per heavy atom. The summed E-state index contributed by atoms with van der Waals surface area (Å²) in [6, 6.07) is 10.3. The van der Waals surface area contributed by atoms with Crippen molar-refractivity contribution in [3.63, 3.8) is 0 Å². The lowest BCUT2D eigenvalue weighted by atomic mass is 9.95. The van der Waals surface area contributed by atoms with E-state index in [1.165, 1.54) is 16.7 Å². The number of amides is 1. The van der Waals surface area contributed by atoms with E-state index >= 15 is 0 Å².